The van der Waals surface area contributed by atoms with E-state index in [9.17, 15) is 8.42 Å². The fourth-order valence-electron chi connectivity index (χ4n) is 1.38. The molecular weight excluding hydrogens is 198 g/mol. The van der Waals surface area contributed by atoms with Crippen molar-refractivity contribution in [3.8, 4) is 0 Å². The molecule has 0 spiro atoms. The molecule has 0 aliphatic heterocycles. The van der Waals surface area contributed by atoms with Crippen LogP contribution < -0.4 is 4.72 Å². The topological polar surface area (TPSA) is 46.2 Å². The van der Waals surface area contributed by atoms with Crippen molar-refractivity contribution in [1.82, 2.24) is 4.72 Å². The SMILES string of the molecule is CC(C)CCCCCCCN[SH](=O)=O. The molecule has 0 heterocycles. The Hall–Kier alpha value is -0.0900. The Morgan fingerprint density at radius 3 is 2.14 bits per heavy atom. The highest BCUT2D eigenvalue weighted by molar-refractivity contribution is 7.70. The van der Waals surface area contributed by atoms with Crippen LogP contribution in [0, 0.1) is 5.92 Å². The Morgan fingerprint density at radius 1 is 1.00 bits per heavy atom. The van der Waals surface area contributed by atoms with Gasteiger partial charge in [0.25, 0.3) is 0 Å². The van der Waals surface area contributed by atoms with Crippen molar-refractivity contribution in [3.63, 3.8) is 0 Å². The molecule has 0 radical (unpaired) electrons. The Labute approximate surface area is 89.4 Å². The van der Waals surface area contributed by atoms with Gasteiger partial charge in [0, 0.05) is 6.54 Å². The normalized spacial score (nSPS) is 11.4. The lowest BCUT2D eigenvalue weighted by molar-refractivity contribution is 0.514. The minimum absolute atomic E-state index is 0.600. The summed E-state index contributed by atoms with van der Waals surface area (Å²) in [6.45, 7) is 5.09. The summed E-state index contributed by atoms with van der Waals surface area (Å²) in [7, 11) is -2.39. The van der Waals surface area contributed by atoms with Gasteiger partial charge in [-0.05, 0) is 12.3 Å². The first-order valence-electron chi connectivity index (χ1n) is 5.51. The molecule has 0 fully saturated rings. The number of thiol groups is 1. The van der Waals surface area contributed by atoms with E-state index < -0.39 is 10.9 Å². The van der Waals surface area contributed by atoms with Crippen LogP contribution in [0.25, 0.3) is 0 Å². The molecule has 86 valence electrons. The Bertz CT molecular complexity index is 183. The summed E-state index contributed by atoms with van der Waals surface area (Å²) in [6, 6.07) is 0. The van der Waals surface area contributed by atoms with E-state index in [2.05, 4.69) is 18.6 Å². The van der Waals surface area contributed by atoms with Crippen LogP contribution in [-0.2, 0) is 10.9 Å². The van der Waals surface area contributed by atoms with E-state index in [1.165, 1.54) is 25.7 Å². The second-order valence-corrected chi connectivity index (χ2v) is 4.95. The van der Waals surface area contributed by atoms with Crippen molar-refractivity contribution in [1.29, 1.82) is 0 Å². The second kappa shape index (κ2) is 9.46. The van der Waals surface area contributed by atoms with Gasteiger partial charge >= 0.3 is 0 Å². The highest BCUT2D eigenvalue weighted by Gasteiger charge is 1.94. The van der Waals surface area contributed by atoms with Crippen molar-refractivity contribution < 1.29 is 8.42 Å². The standard InChI is InChI=1S/C10H23NO2S/c1-10(2)8-6-4-3-5-7-9-11-14(12)13/h10,14H,3-9H2,1-2H3,(H,11,12,13). The van der Waals surface area contributed by atoms with Gasteiger partial charge in [-0.3, -0.25) is 0 Å². The van der Waals surface area contributed by atoms with Crippen LogP contribution in [0.4, 0.5) is 0 Å². The molecule has 0 rings (SSSR count). The van der Waals surface area contributed by atoms with Gasteiger partial charge in [0.15, 0.2) is 0 Å². The summed E-state index contributed by atoms with van der Waals surface area (Å²) in [6.07, 6.45) is 7.22. The van der Waals surface area contributed by atoms with E-state index in [-0.39, 0.29) is 0 Å². The molecule has 0 aromatic heterocycles. The van der Waals surface area contributed by atoms with Gasteiger partial charge in [0.05, 0.1) is 0 Å². The zero-order chi connectivity index (χ0) is 10.8. The van der Waals surface area contributed by atoms with Gasteiger partial charge < -0.3 is 0 Å². The molecule has 0 aliphatic rings. The van der Waals surface area contributed by atoms with Crippen molar-refractivity contribution >= 4 is 10.9 Å². The third kappa shape index (κ3) is 11.9. The molecule has 0 bridgehead atoms. The molecule has 0 amide bonds. The molecule has 0 saturated carbocycles. The van der Waals surface area contributed by atoms with Gasteiger partial charge in [-0.1, -0.05) is 46.0 Å². The number of hydrogen-bond acceptors (Lipinski definition) is 2. The van der Waals surface area contributed by atoms with E-state index in [1.807, 2.05) is 0 Å². The molecule has 1 N–H and O–H groups in total. The molecule has 14 heavy (non-hydrogen) atoms. The fraction of sp³-hybridized carbons (Fsp3) is 1.00. The zero-order valence-electron chi connectivity index (χ0n) is 9.29. The third-order valence-electron chi connectivity index (χ3n) is 2.20. The number of nitrogens with one attached hydrogen (secondary N) is 1. The van der Waals surface area contributed by atoms with Gasteiger partial charge in [0.2, 0.25) is 10.9 Å². The average Bonchev–Trinajstić information content (AvgIpc) is 2.08. The van der Waals surface area contributed by atoms with Gasteiger partial charge in [-0.15, -0.1) is 0 Å². The maximum Gasteiger partial charge on any atom is 0.201 e. The summed E-state index contributed by atoms with van der Waals surface area (Å²) in [5.74, 6) is 0.807. The lowest BCUT2D eigenvalue weighted by atomic mass is 10.0. The summed E-state index contributed by atoms with van der Waals surface area (Å²) in [5, 5.41) is 0. The Kier molecular flexibility index (Phi) is 9.40. The maximum atomic E-state index is 10.1. The number of rotatable bonds is 9. The lowest BCUT2D eigenvalue weighted by Crippen LogP contribution is -2.12. The molecule has 0 aromatic rings. The van der Waals surface area contributed by atoms with E-state index in [1.54, 1.807) is 0 Å². The fourth-order valence-corrected chi connectivity index (χ4v) is 1.72. The van der Waals surface area contributed by atoms with E-state index in [0.717, 1.165) is 18.8 Å². The Balaban J connectivity index is 2.99. The second-order valence-electron chi connectivity index (χ2n) is 4.12. The predicted molar refractivity (Wildman–Crippen MR) is 60.9 cm³/mol. The van der Waals surface area contributed by atoms with E-state index in [0.29, 0.717) is 6.54 Å². The molecule has 0 aliphatic carbocycles. The largest absolute Gasteiger partial charge is 0.218 e. The van der Waals surface area contributed by atoms with E-state index >= 15 is 0 Å². The van der Waals surface area contributed by atoms with Crippen LogP contribution in [0.3, 0.4) is 0 Å². The van der Waals surface area contributed by atoms with Crippen LogP contribution in [-0.4, -0.2) is 15.0 Å². The van der Waals surface area contributed by atoms with Crippen LogP contribution in [0.1, 0.15) is 52.4 Å². The highest BCUT2D eigenvalue weighted by Crippen LogP contribution is 2.09. The number of hydrogen-bond donors (Lipinski definition) is 2. The van der Waals surface area contributed by atoms with Crippen molar-refractivity contribution in [2.24, 2.45) is 5.92 Å². The highest BCUT2D eigenvalue weighted by atomic mass is 32.2. The quantitative estimate of drug-likeness (QED) is 0.462. The molecule has 0 unspecified atom stereocenters. The minimum atomic E-state index is -2.39. The maximum absolute atomic E-state index is 10.1. The molecule has 0 atom stereocenters. The predicted octanol–water partition coefficient (Wildman–Crippen LogP) is 2.10. The molecular formula is C10H23NO2S. The smallest absolute Gasteiger partial charge is 0.201 e. The van der Waals surface area contributed by atoms with Gasteiger partial charge in [-0.2, -0.15) is 0 Å². The first kappa shape index (κ1) is 13.9. The van der Waals surface area contributed by atoms with Crippen LogP contribution in [0.2, 0.25) is 0 Å². The summed E-state index contributed by atoms with van der Waals surface area (Å²) in [5.41, 5.74) is 0. The Morgan fingerprint density at radius 2 is 1.57 bits per heavy atom. The van der Waals surface area contributed by atoms with Crippen LogP contribution >= 0.6 is 0 Å². The molecule has 0 aromatic carbocycles. The first-order chi connectivity index (χ1) is 6.63. The van der Waals surface area contributed by atoms with Crippen molar-refractivity contribution in [3.05, 3.63) is 0 Å². The van der Waals surface area contributed by atoms with Crippen LogP contribution in [0.5, 0.6) is 0 Å². The minimum Gasteiger partial charge on any atom is -0.218 e. The molecule has 4 heteroatoms. The third-order valence-corrected chi connectivity index (χ3v) is 2.68. The van der Waals surface area contributed by atoms with Gasteiger partial charge in [0.1, 0.15) is 0 Å². The zero-order valence-corrected chi connectivity index (χ0v) is 10.2. The summed E-state index contributed by atoms with van der Waals surface area (Å²) >= 11 is 0. The van der Waals surface area contributed by atoms with Gasteiger partial charge in [-0.25, -0.2) is 13.1 Å². The van der Waals surface area contributed by atoms with Crippen molar-refractivity contribution in [2.75, 3.05) is 6.54 Å². The molecule has 0 saturated heterocycles. The average molecular weight is 221 g/mol. The monoisotopic (exact) mass is 221 g/mol. The lowest BCUT2D eigenvalue weighted by Gasteiger charge is -2.03. The van der Waals surface area contributed by atoms with Crippen LogP contribution in [0.15, 0.2) is 0 Å². The summed E-state index contributed by atoms with van der Waals surface area (Å²) in [4.78, 5) is 0. The number of unbranched alkanes of at least 4 members (excludes halogenated alkanes) is 4. The molecule has 3 nitrogen and oxygen atoms in total. The van der Waals surface area contributed by atoms with E-state index in [4.69, 9.17) is 0 Å². The first-order valence-corrected chi connectivity index (χ1v) is 6.68. The van der Waals surface area contributed by atoms with Crippen molar-refractivity contribution in [2.45, 2.75) is 52.4 Å². The summed E-state index contributed by atoms with van der Waals surface area (Å²) < 4.78 is 22.7.